The molecular weight excluding hydrogens is 224 g/mol. The lowest BCUT2D eigenvalue weighted by atomic mass is 9.99. The van der Waals surface area contributed by atoms with E-state index in [1.165, 1.54) is 29.0 Å². The molecule has 2 rings (SSSR count). The van der Waals surface area contributed by atoms with Crippen LogP contribution in [0.1, 0.15) is 24.0 Å². The Morgan fingerprint density at radius 2 is 2.00 bits per heavy atom. The van der Waals surface area contributed by atoms with Crippen LogP contribution in [-0.4, -0.2) is 13.1 Å². The van der Waals surface area contributed by atoms with Gasteiger partial charge in [-0.2, -0.15) is 0 Å². The van der Waals surface area contributed by atoms with Crippen molar-refractivity contribution in [2.75, 3.05) is 7.11 Å². The number of rotatable bonds is 4. The van der Waals surface area contributed by atoms with Crippen molar-refractivity contribution in [1.82, 2.24) is 0 Å². The lowest BCUT2D eigenvalue weighted by Gasteiger charge is -2.07. The number of carbonyl (C=O) groups excluding carboxylic acids is 1. The first kappa shape index (κ1) is 12.6. The van der Waals surface area contributed by atoms with Gasteiger partial charge in [-0.1, -0.05) is 36.4 Å². The van der Waals surface area contributed by atoms with Gasteiger partial charge >= 0.3 is 5.97 Å². The van der Waals surface area contributed by atoms with Gasteiger partial charge in [0, 0.05) is 6.42 Å². The van der Waals surface area contributed by atoms with Crippen LogP contribution in [0.25, 0.3) is 10.8 Å². The number of methoxy groups -OCH3 is 1. The van der Waals surface area contributed by atoms with E-state index in [0.29, 0.717) is 6.42 Å². The molecule has 0 saturated carbocycles. The minimum atomic E-state index is -0.132. The Balaban J connectivity index is 2.12. The first-order chi connectivity index (χ1) is 8.70. The normalized spacial score (nSPS) is 10.6. The highest BCUT2D eigenvalue weighted by atomic mass is 16.5. The molecule has 0 fully saturated rings. The Labute approximate surface area is 108 Å². The van der Waals surface area contributed by atoms with Crippen LogP contribution < -0.4 is 0 Å². The Bertz CT molecular complexity index is 558. The SMILES string of the molecule is COC(=O)CCCc1cc(C)c2ccccc2c1. The topological polar surface area (TPSA) is 26.3 Å². The quantitative estimate of drug-likeness (QED) is 0.765. The van der Waals surface area contributed by atoms with Crippen LogP contribution in [0.5, 0.6) is 0 Å². The summed E-state index contributed by atoms with van der Waals surface area (Å²) in [5, 5.41) is 2.57. The molecule has 2 aromatic carbocycles. The van der Waals surface area contributed by atoms with Gasteiger partial charge in [0.25, 0.3) is 0 Å². The largest absolute Gasteiger partial charge is 0.469 e. The van der Waals surface area contributed by atoms with Gasteiger partial charge in [-0.15, -0.1) is 0 Å². The van der Waals surface area contributed by atoms with E-state index < -0.39 is 0 Å². The van der Waals surface area contributed by atoms with Gasteiger partial charge in [0.2, 0.25) is 0 Å². The molecule has 0 radical (unpaired) electrons. The number of aryl methyl sites for hydroxylation is 2. The lowest BCUT2D eigenvalue weighted by Crippen LogP contribution is -2.00. The van der Waals surface area contributed by atoms with Gasteiger partial charge in [0.1, 0.15) is 0 Å². The third-order valence-corrected chi connectivity index (χ3v) is 3.20. The summed E-state index contributed by atoms with van der Waals surface area (Å²) < 4.78 is 4.64. The van der Waals surface area contributed by atoms with Crippen molar-refractivity contribution in [3.05, 3.63) is 47.5 Å². The van der Waals surface area contributed by atoms with Crippen molar-refractivity contribution in [1.29, 1.82) is 0 Å². The van der Waals surface area contributed by atoms with Crippen LogP contribution in [-0.2, 0) is 16.0 Å². The molecule has 0 unspecified atom stereocenters. The fraction of sp³-hybridized carbons (Fsp3) is 0.312. The van der Waals surface area contributed by atoms with Crippen LogP contribution in [0.4, 0.5) is 0 Å². The minimum absolute atomic E-state index is 0.132. The average Bonchev–Trinajstić information content (AvgIpc) is 2.38. The summed E-state index contributed by atoms with van der Waals surface area (Å²) in [4.78, 5) is 11.1. The molecular formula is C16H18O2. The van der Waals surface area contributed by atoms with E-state index in [1.54, 1.807) is 0 Å². The first-order valence-corrected chi connectivity index (χ1v) is 6.26. The van der Waals surface area contributed by atoms with Crippen molar-refractivity contribution < 1.29 is 9.53 Å². The maximum absolute atomic E-state index is 11.1. The molecule has 2 heteroatoms. The zero-order valence-electron chi connectivity index (χ0n) is 10.9. The zero-order chi connectivity index (χ0) is 13.0. The molecule has 0 aliphatic carbocycles. The number of carbonyl (C=O) groups is 1. The van der Waals surface area contributed by atoms with E-state index in [-0.39, 0.29) is 5.97 Å². The summed E-state index contributed by atoms with van der Waals surface area (Å²) in [5.41, 5.74) is 2.58. The van der Waals surface area contributed by atoms with Gasteiger partial charge in [-0.3, -0.25) is 4.79 Å². The second-order valence-corrected chi connectivity index (χ2v) is 4.56. The molecule has 0 saturated heterocycles. The van der Waals surface area contributed by atoms with Crippen LogP contribution in [0.15, 0.2) is 36.4 Å². The molecule has 0 aliphatic rings. The van der Waals surface area contributed by atoms with E-state index in [9.17, 15) is 4.79 Å². The molecule has 0 aromatic heterocycles. The highest BCUT2D eigenvalue weighted by Gasteiger charge is 2.03. The number of hydrogen-bond donors (Lipinski definition) is 0. The summed E-state index contributed by atoms with van der Waals surface area (Å²) in [5.74, 6) is -0.132. The highest BCUT2D eigenvalue weighted by Crippen LogP contribution is 2.21. The van der Waals surface area contributed by atoms with Gasteiger partial charge in [-0.05, 0) is 41.7 Å². The predicted octanol–water partition coefficient (Wildman–Crippen LogP) is 3.64. The number of hydrogen-bond acceptors (Lipinski definition) is 2. The van der Waals surface area contributed by atoms with Crippen molar-refractivity contribution in [3.63, 3.8) is 0 Å². The van der Waals surface area contributed by atoms with E-state index in [1.807, 2.05) is 0 Å². The predicted molar refractivity (Wildman–Crippen MR) is 73.6 cm³/mol. The minimum Gasteiger partial charge on any atom is -0.469 e. The standard InChI is InChI=1S/C16H18O2/c1-12-10-13(6-5-9-16(17)18-2)11-14-7-3-4-8-15(12)14/h3-4,7-8,10-11H,5-6,9H2,1-2H3. The molecule has 0 atom stereocenters. The maximum Gasteiger partial charge on any atom is 0.305 e. The second kappa shape index (κ2) is 5.67. The summed E-state index contributed by atoms with van der Waals surface area (Å²) in [6.07, 6.45) is 2.24. The number of fused-ring (bicyclic) bond motifs is 1. The fourth-order valence-electron chi connectivity index (χ4n) is 2.26. The summed E-state index contributed by atoms with van der Waals surface area (Å²) >= 11 is 0. The molecule has 0 amide bonds. The molecule has 0 bridgehead atoms. The van der Waals surface area contributed by atoms with Crippen molar-refractivity contribution in [2.45, 2.75) is 26.2 Å². The fourth-order valence-corrected chi connectivity index (χ4v) is 2.26. The van der Waals surface area contributed by atoms with Gasteiger partial charge in [0.05, 0.1) is 7.11 Å². The zero-order valence-corrected chi connectivity index (χ0v) is 10.9. The molecule has 0 heterocycles. The van der Waals surface area contributed by atoms with E-state index in [4.69, 9.17) is 0 Å². The molecule has 2 aromatic rings. The number of benzene rings is 2. The van der Waals surface area contributed by atoms with Crippen LogP contribution in [0.2, 0.25) is 0 Å². The number of ether oxygens (including phenoxy) is 1. The monoisotopic (exact) mass is 242 g/mol. The van der Waals surface area contributed by atoms with Crippen LogP contribution in [0, 0.1) is 6.92 Å². The van der Waals surface area contributed by atoms with Gasteiger partial charge < -0.3 is 4.74 Å². The molecule has 18 heavy (non-hydrogen) atoms. The second-order valence-electron chi connectivity index (χ2n) is 4.56. The Kier molecular flexibility index (Phi) is 3.98. The van der Waals surface area contributed by atoms with Crippen LogP contribution in [0.3, 0.4) is 0 Å². The Hall–Kier alpha value is -1.83. The number of esters is 1. The van der Waals surface area contributed by atoms with Crippen molar-refractivity contribution >= 4 is 16.7 Å². The summed E-state index contributed by atoms with van der Waals surface area (Å²) in [6.45, 7) is 2.13. The van der Waals surface area contributed by atoms with E-state index in [0.717, 1.165) is 12.8 Å². The van der Waals surface area contributed by atoms with Gasteiger partial charge in [0.15, 0.2) is 0 Å². The van der Waals surface area contributed by atoms with Crippen LogP contribution >= 0.6 is 0 Å². The average molecular weight is 242 g/mol. The van der Waals surface area contributed by atoms with Crippen molar-refractivity contribution in [3.8, 4) is 0 Å². The molecule has 2 nitrogen and oxygen atoms in total. The summed E-state index contributed by atoms with van der Waals surface area (Å²) in [7, 11) is 1.43. The van der Waals surface area contributed by atoms with Gasteiger partial charge in [-0.25, -0.2) is 0 Å². The summed E-state index contributed by atoms with van der Waals surface area (Å²) in [6, 6.07) is 12.8. The smallest absolute Gasteiger partial charge is 0.305 e. The third kappa shape index (κ3) is 2.89. The highest BCUT2D eigenvalue weighted by molar-refractivity contribution is 5.86. The molecule has 0 N–H and O–H groups in total. The third-order valence-electron chi connectivity index (χ3n) is 3.20. The Morgan fingerprint density at radius 3 is 2.78 bits per heavy atom. The first-order valence-electron chi connectivity index (χ1n) is 6.26. The molecule has 0 spiro atoms. The molecule has 94 valence electrons. The maximum atomic E-state index is 11.1. The van der Waals surface area contributed by atoms with E-state index in [2.05, 4.69) is 48.1 Å². The molecule has 0 aliphatic heterocycles. The lowest BCUT2D eigenvalue weighted by molar-refractivity contribution is -0.140. The van der Waals surface area contributed by atoms with E-state index >= 15 is 0 Å². The Morgan fingerprint density at radius 1 is 1.22 bits per heavy atom. The van der Waals surface area contributed by atoms with Crippen molar-refractivity contribution in [2.24, 2.45) is 0 Å².